The van der Waals surface area contributed by atoms with Crippen LogP contribution >= 0.6 is 0 Å². The van der Waals surface area contributed by atoms with Gasteiger partial charge in [-0.1, -0.05) is 25.3 Å². The highest BCUT2D eigenvalue weighted by atomic mass is 19.4. The van der Waals surface area contributed by atoms with Gasteiger partial charge in [0.05, 0.1) is 14.2 Å². The maximum atomic E-state index is 13.6. The fraction of sp³-hybridized carbons (Fsp3) is 0.548. The molecule has 13 heteroatoms. The number of carboxylic acids is 1. The van der Waals surface area contributed by atoms with Crippen LogP contribution < -0.4 is 20.1 Å². The monoisotopic (exact) mass is 627 g/mol. The van der Waals surface area contributed by atoms with Crippen molar-refractivity contribution in [1.29, 1.82) is 0 Å². The Morgan fingerprint density at radius 3 is 2.23 bits per heavy atom. The Kier molecular flexibility index (Phi) is 10.6. The van der Waals surface area contributed by atoms with E-state index in [-0.39, 0.29) is 17.1 Å². The third kappa shape index (κ3) is 7.54. The van der Waals surface area contributed by atoms with Crippen molar-refractivity contribution in [1.82, 2.24) is 10.2 Å². The minimum atomic E-state index is -5.08. The summed E-state index contributed by atoms with van der Waals surface area (Å²) in [5.41, 5.74) is 1.50. The van der Waals surface area contributed by atoms with Crippen LogP contribution in [0.5, 0.6) is 11.5 Å². The fourth-order valence-corrected chi connectivity index (χ4v) is 6.97. The number of hydrogen-bond acceptors (Lipinski definition) is 5. The summed E-state index contributed by atoms with van der Waals surface area (Å²) in [4.78, 5) is 24.4. The highest BCUT2D eigenvalue weighted by Crippen LogP contribution is 2.51. The number of alkyl halides is 3. The fourth-order valence-electron chi connectivity index (χ4n) is 6.97. The van der Waals surface area contributed by atoms with E-state index < -0.39 is 29.8 Å². The van der Waals surface area contributed by atoms with Crippen LogP contribution in [-0.2, 0) is 10.2 Å². The van der Waals surface area contributed by atoms with Crippen LogP contribution in [0.4, 0.5) is 32.4 Å². The second-order valence-corrected chi connectivity index (χ2v) is 11.5. The molecule has 2 saturated carbocycles. The molecular formula is C31H38F5N3O5. The van der Waals surface area contributed by atoms with Crippen LogP contribution in [0, 0.1) is 11.6 Å². The van der Waals surface area contributed by atoms with E-state index in [2.05, 4.69) is 27.7 Å². The molecule has 3 unspecified atom stereocenters. The molecule has 2 aliphatic carbocycles. The smallest absolute Gasteiger partial charge is 0.490 e. The summed E-state index contributed by atoms with van der Waals surface area (Å²) in [7, 11) is 3.33. The van der Waals surface area contributed by atoms with Crippen LogP contribution in [0.25, 0.3) is 0 Å². The van der Waals surface area contributed by atoms with Gasteiger partial charge in [0.1, 0.15) is 0 Å². The van der Waals surface area contributed by atoms with E-state index in [1.807, 2.05) is 6.07 Å². The van der Waals surface area contributed by atoms with Crippen molar-refractivity contribution < 1.29 is 46.1 Å². The van der Waals surface area contributed by atoms with Crippen LogP contribution in [0.15, 0.2) is 36.4 Å². The number of hydrogen-bond donors (Lipinski definition) is 3. The number of anilines is 1. The molecule has 3 aliphatic rings. The van der Waals surface area contributed by atoms with Gasteiger partial charge in [0.2, 0.25) is 0 Å². The molecule has 8 nitrogen and oxygen atoms in total. The topological polar surface area (TPSA) is 100 Å². The molecule has 44 heavy (non-hydrogen) atoms. The number of nitrogens with one attached hydrogen (secondary N) is 2. The lowest BCUT2D eigenvalue weighted by Gasteiger charge is -2.47. The Morgan fingerprint density at radius 2 is 1.61 bits per heavy atom. The third-order valence-electron chi connectivity index (χ3n) is 9.06. The van der Waals surface area contributed by atoms with E-state index >= 15 is 0 Å². The Hall–Kier alpha value is -3.61. The minimum Gasteiger partial charge on any atom is -0.493 e. The summed E-state index contributed by atoms with van der Waals surface area (Å²) in [6.45, 7) is 1.05. The summed E-state index contributed by atoms with van der Waals surface area (Å²) in [6.07, 6.45) is 4.95. The summed E-state index contributed by atoms with van der Waals surface area (Å²) in [5.74, 6) is -3.20. The molecule has 1 aliphatic heterocycles. The predicted octanol–water partition coefficient (Wildman–Crippen LogP) is 6.63. The van der Waals surface area contributed by atoms with Crippen LogP contribution in [-0.4, -0.2) is 67.1 Å². The van der Waals surface area contributed by atoms with Crippen molar-refractivity contribution in [3.8, 4) is 11.5 Å². The van der Waals surface area contributed by atoms with Crippen molar-refractivity contribution >= 4 is 17.7 Å². The number of rotatable bonds is 6. The quantitative estimate of drug-likeness (QED) is 0.311. The molecule has 0 radical (unpaired) electrons. The number of fused-ring (bicyclic) bond motifs is 1. The molecule has 0 spiro atoms. The van der Waals surface area contributed by atoms with Gasteiger partial charge in [-0.2, -0.15) is 13.2 Å². The molecule has 5 rings (SSSR count). The number of amides is 2. The average Bonchev–Trinajstić information content (AvgIpc) is 3.39. The number of carbonyl (C=O) groups is 2. The van der Waals surface area contributed by atoms with Crippen molar-refractivity contribution in [2.45, 2.75) is 87.5 Å². The number of aliphatic carboxylic acids is 1. The molecule has 2 aromatic rings. The van der Waals surface area contributed by atoms with Crippen LogP contribution in [0.3, 0.4) is 0 Å². The lowest BCUT2D eigenvalue weighted by atomic mass is 9.64. The second-order valence-electron chi connectivity index (χ2n) is 11.5. The number of carbonyl (C=O) groups excluding carboxylic acids is 1. The van der Waals surface area contributed by atoms with Crippen molar-refractivity contribution in [2.24, 2.45) is 0 Å². The predicted molar refractivity (Wildman–Crippen MR) is 153 cm³/mol. The van der Waals surface area contributed by atoms with Gasteiger partial charge >= 0.3 is 18.2 Å². The molecule has 3 fully saturated rings. The zero-order chi connectivity index (χ0) is 32.1. The van der Waals surface area contributed by atoms with Crippen molar-refractivity contribution in [2.75, 3.05) is 26.1 Å². The first kappa shape index (κ1) is 33.3. The van der Waals surface area contributed by atoms with Crippen molar-refractivity contribution in [3.05, 3.63) is 53.6 Å². The zero-order valence-electron chi connectivity index (χ0n) is 24.7. The number of nitrogens with zero attached hydrogens (tertiary/aromatic N) is 1. The Bertz CT molecular complexity index is 1320. The molecule has 242 valence electrons. The summed E-state index contributed by atoms with van der Waals surface area (Å²) in [6, 6.07) is 10.2. The van der Waals surface area contributed by atoms with Gasteiger partial charge in [0.25, 0.3) is 0 Å². The normalized spacial score (nSPS) is 24.0. The maximum absolute atomic E-state index is 13.6. The SMILES string of the molecule is COc1ccc(C23CCC(NC(=O)Nc4ccc(F)c(F)c4)CC2N(C2CCCCC2)CC3)cc1OC.O=C(O)C(F)(F)F. The molecule has 1 heterocycles. The number of halogens is 5. The number of ether oxygens (including phenoxy) is 2. The second kappa shape index (κ2) is 14.0. The van der Waals surface area contributed by atoms with E-state index in [9.17, 15) is 26.7 Å². The molecule has 0 bridgehead atoms. The van der Waals surface area contributed by atoms with E-state index in [0.29, 0.717) is 12.1 Å². The summed E-state index contributed by atoms with van der Waals surface area (Å²) >= 11 is 0. The first-order valence-corrected chi connectivity index (χ1v) is 14.7. The van der Waals surface area contributed by atoms with Crippen molar-refractivity contribution in [3.63, 3.8) is 0 Å². The Balaban J connectivity index is 0.000000566. The average molecular weight is 628 g/mol. The van der Waals surface area contributed by atoms with Crippen LogP contribution in [0.1, 0.15) is 63.4 Å². The molecule has 3 atom stereocenters. The first-order chi connectivity index (χ1) is 20.9. The number of urea groups is 1. The first-order valence-electron chi connectivity index (χ1n) is 14.7. The number of benzene rings is 2. The zero-order valence-corrected chi connectivity index (χ0v) is 24.7. The van der Waals surface area contributed by atoms with E-state index in [1.165, 1.54) is 43.7 Å². The number of methoxy groups -OCH3 is 2. The largest absolute Gasteiger partial charge is 0.493 e. The standard InChI is InChI=1S/C29H37F2N3O3.C2HF3O2/c1-36-25-11-8-19(16-26(25)37-2)29-13-12-21(33-28(35)32-20-9-10-23(30)24(31)17-20)18-27(29)34(15-14-29)22-6-4-3-5-7-22;3-2(4,5)1(6)7/h8-11,16-17,21-22,27H,3-7,12-15,18H2,1-2H3,(H2,32,33,35);(H,6,7). The molecule has 0 aromatic heterocycles. The molecule has 3 N–H and O–H groups in total. The van der Waals surface area contributed by atoms with Gasteiger partial charge in [-0.05, 0) is 74.9 Å². The minimum absolute atomic E-state index is 0.00671. The Morgan fingerprint density at radius 1 is 0.932 bits per heavy atom. The lowest BCUT2D eigenvalue weighted by molar-refractivity contribution is -0.192. The van der Waals surface area contributed by atoms with Gasteiger partial charge in [-0.3, -0.25) is 4.90 Å². The van der Waals surface area contributed by atoms with Gasteiger partial charge in [-0.25, -0.2) is 18.4 Å². The highest BCUT2D eigenvalue weighted by molar-refractivity contribution is 5.89. The Labute approximate surface area is 252 Å². The molecular weight excluding hydrogens is 589 g/mol. The van der Waals surface area contributed by atoms with Crippen LogP contribution in [0.2, 0.25) is 0 Å². The van der Waals surface area contributed by atoms with Gasteiger partial charge in [-0.15, -0.1) is 0 Å². The molecule has 1 saturated heterocycles. The highest BCUT2D eigenvalue weighted by Gasteiger charge is 2.53. The maximum Gasteiger partial charge on any atom is 0.490 e. The van der Waals surface area contributed by atoms with E-state index in [0.717, 1.165) is 55.9 Å². The van der Waals surface area contributed by atoms with E-state index in [1.54, 1.807) is 14.2 Å². The summed E-state index contributed by atoms with van der Waals surface area (Å²) < 4.78 is 69.7. The van der Waals surface area contributed by atoms with Gasteiger partial charge in [0, 0.05) is 35.3 Å². The number of likely N-dealkylation sites (tertiary alicyclic amines) is 1. The number of carboxylic acid groups (broad SMARTS) is 1. The molecule has 2 amide bonds. The van der Waals surface area contributed by atoms with Gasteiger partial charge in [0.15, 0.2) is 23.1 Å². The summed E-state index contributed by atoms with van der Waals surface area (Å²) in [5, 5.41) is 12.9. The third-order valence-corrected chi connectivity index (χ3v) is 9.06. The van der Waals surface area contributed by atoms with E-state index in [4.69, 9.17) is 19.4 Å². The molecule has 2 aromatic carbocycles. The van der Waals surface area contributed by atoms with Gasteiger partial charge < -0.3 is 25.2 Å². The lowest BCUT2D eigenvalue weighted by Crippen LogP contribution is -2.55.